The van der Waals surface area contributed by atoms with Gasteiger partial charge in [0.15, 0.2) is 0 Å². The number of hydrogen-bond acceptors (Lipinski definition) is 5. The van der Waals surface area contributed by atoms with E-state index in [-0.39, 0.29) is 18.4 Å². The molecule has 0 bridgehead atoms. The van der Waals surface area contributed by atoms with E-state index in [2.05, 4.69) is 15.7 Å². The summed E-state index contributed by atoms with van der Waals surface area (Å²) >= 11 is 0. The van der Waals surface area contributed by atoms with Crippen LogP contribution in [-0.2, 0) is 9.53 Å². The number of carbonyl (C=O) groups excluding carboxylic acids is 2. The molecular weight excluding hydrogens is 392 g/mol. The van der Waals surface area contributed by atoms with Crippen LogP contribution in [0.3, 0.4) is 0 Å². The van der Waals surface area contributed by atoms with Crippen molar-refractivity contribution in [2.24, 2.45) is 0 Å². The number of carbonyl (C=O) groups is 2. The fourth-order valence-corrected chi connectivity index (χ4v) is 3.13. The third-order valence-corrected chi connectivity index (χ3v) is 4.86. The molecule has 0 fully saturated rings. The number of anilines is 2. The first-order valence-electron chi connectivity index (χ1n) is 10.4. The van der Waals surface area contributed by atoms with E-state index in [0.717, 1.165) is 35.6 Å². The summed E-state index contributed by atoms with van der Waals surface area (Å²) in [6, 6.07) is 16.7. The van der Waals surface area contributed by atoms with Crippen LogP contribution in [0.1, 0.15) is 41.5 Å². The van der Waals surface area contributed by atoms with Crippen molar-refractivity contribution in [1.29, 1.82) is 0 Å². The monoisotopic (exact) mass is 420 g/mol. The van der Waals surface area contributed by atoms with Gasteiger partial charge in [-0.25, -0.2) is 9.48 Å². The number of para-hydroxylation sites is 1. The average Bonchev–Trinajstić information content (AvgIpc) is 3.07. The number of ether oxygens (including phenoxy) is 1. The van der Waals surface area contributed by atoms with Gasteiger partial charge in [-0.1, -0.05) is 31.5 Å². The number of unbranched alkanes of at least 4 members (excludes halogenated alkanes) is 1. The minimum absolute atomic E-state index is 0.0929. The van der Waals surface area contributed by atoms with Crippen molar-refractivity contribution in [1.82, 2.24) is 9.78 Å². The van der Waals surface area contributed by atoms with Gasteiger partial charge in [0, 0.05) is 5.69 Å². The van der Waals surface area contributed by atoms with E-state index in [9.17, 15) is 9.59 Å². The Bertz CT molecular complexity index is 1030. The Morgan fingerprint density at radius 3 is 2.42 bits per heavy atom. The normalized spacial score (nSPS) is 10.5. The molecule has 3 rings (SSSR count). The zero-order valence-corrected chi connectivity index (χ0v) is 18.1. The van der Waals surface area contributed by atoms with E-state index >= 15 is 0 Å². The number of aromatic nitrogens is 2. The summed E-state index contributed by atoms with van der Waals surface area (Å²) in [5, 5.41) is 10.5. The quantitative estimate of drug-likeness (QED) is 0.393. The largest absolute Gasteiger partial charge is 0.462 e. The first-order valence-corrected chi connectivity index (χ1v) is 10.4. The van der Waals surface area contributed by atoms with Gasteiger partial charge in [-0.3, -0.25) is 4.79 Å². The van der Waals surface area contributed by atoms with Crippen molar-refractivity contribution in [3.63, 3.8) is 0 Å². The fourth-order valence-electron chi connectivity index (χ4n) is 3.13. The Hall–Kier alpha value is -3.61. The van der Waals surface area contributed by atoms with Crippen LogP contribution in [0.2, 0.25) is 0 Å². The molecule has 0 aliphatic rings. The maximum absolute atomic E-state index is 12.5. The van der Waals surface area contributed by atoms with Gasteiger partial charge >= 0.3 is 5.97 Å². The van der Waals surface area contributed by atoms with Crippen LogP contribution < -0.4 is 10.6 Å². The van der Waals surface area contributed by atoms with Crippen LogP contribution in [0.15, 0.2) is 54.6 Å². The molecule has 2 aromatic carbocycles. The molecule has 31 heavy (non-hydrogen) atoms. The van der Waals surface area contributed by atoms with Crippen LogP contribution in [0.4, 0.5) is 11.4 Å². The third-order valence-electron chi connectivity index (χ3n) is 4.86. The number of nitrogens with zero attached hydrogens (tertiary/aromatic N) is 2. The summed E-state index contributed by atoms with van der Waals surface area (Å²) < 4.78 is 7.01. The Balaban J connectivity index is 1.56. The van der Waals surface area contributed by atoms with Gasteiger partial charge in [-0.15, -0.1) is 0 Å². The molecule has 0 atom stereocenters. The Morgan fingerprint density at radius 1 is 1.03 bits per heavy atom. The predicted molar refractivity (Wildman–Crippen MR) is 122 cm³/mol. The minimum Gasteiger partial charge on any atom is -0.462 e. The number of benzene rings is 2. The summed E-state index contributed by atoms with van der Waals surface area (Å²) in [4.78, 5) is 24.4. The summed E-state index contributed by atoms with van der Waals surface area (Å²) in [6.07, 6.45) is 1.83. The molecule has 7 heteroatoms. The topological polar surface area (TPSA) is 85.2 Å². The predicted octanol–water partition coefficient (Wildman–Crippen LogP) is 4.50. The van der Waals surface area contributed by atoms with Crippen LogP contribution in [-0.4, -0.2) is 34.8 Å². The van der Waals surface area contributed by atoms with Gasteiger partial charge < -0.3 is 15.4 Å². The van der Waals surface area contributed by atoms with E-state index in [1.807, 2.05) is 55.8 Å². The van der Waals surface area contributed by atoms with Crippen molar-refractivity contribution in [3.05, 3.63) is 71.5 Å². The molecule has 0 saturated carbocycles. The second kappa shape index (κ2) is 10.4. The van der Waals surface area contributed by atoms with Crippen LogP contribution in [0.25, 0.3) is 5.69 Å². The second-order valence-corrected chi connectivity index (χ2v) is 7.26. The van der Waals surface area contributed by atoms with Crippen molar-refractivity contribution in [2.75, 3.05) is 23.8 Å². The zero-order valence-electron chi connectivity index (χ0n) is 18.1. The summed E-state index contributed by atoms with van der Waals surface area (Å²) in [5.41, 5.74) is 4.50. The summed E-state index contributed by atoms with van der Waals surface area (Å²) in [5.74, 6) is -0.513. The molecule has 0 saturated heterocycles. The van der Waals surface area contributed by atoms with E-state index in [1.165, 1.54) is 0 Å². The molecular formula is C24H28N4O3. The SMILES string of the molecule is CCCCOC(=O)c1ccc(NCC(=O)Nc2c(C)nn(-c3ccccc3)c2C)cc1. The first-order chi connectivity index (χ1) is 15.0. The van der Waals surface area contributed by atoms with Gasteiger partial charge in [0.2, 0.25) is 5.91 Å². The Kier molecular flexibility index (Phi) is 7.43. The van der Waals surface area contributed by atoms with Gasteiger partial charge in [-0.2, -0.15) is 5.10 Å². The zero-order chi connectivity index (χ0) is 22.2. The lowest BCUT2D eigenvalue weighted by Gasteiger charge is -2.09. The molecule has 0 unspecified atom stereocenters. The minimum atomic E-state index is -0.334. The summed E-state index contributed by atoms with van der Waals surface area (Å²) in [7, 11) is 0. The molecule has 2 N–H and O–H groups in total. The van der Waals surface area contributed by atoms with Gasteiger partial charge in [0.25, 0.3) is 0 Å². The van der Waals surface area contributed by atoms with E-state index < -0.39 is 0 Å². The number of hydrogen-bond donors (Lipinski definition) is 2. The van der Waals surface area contributed by atoms with Crippen molar-refractivity contribution in [3.8, 4) is 5.69 Å². The molecule has 0 spiro atoms. The van der Waals surface area contributed by atoms with Crippen LogP contribution in [0, 0.1) is 13.8 Å². The summed E-state index contributed by atoms with van der Waals surface area (Å²) in [6.45, 7) is 6.36. The highest BCUT2D eigenvalue weighted by Gasteiger charge is 2.15. The van der Waals surface area contributed by atoms with Crippen molar-refractivity contribution >= 4 is 23.3 Å². The molecule has 1 heterocycles. The van der Waals surface area contributed by atoms with Crippen molar-refractivity contribution in [2.45, 2.75) is 33.6 Å². The number of aryl methyl sites for hydroxylation is 1. The third kappa shape index (κ3) is 5.72. The Morgan fingerprint density at radius 2 is 1.74 bits per heavy atom. The highest BCUT2D eigenvalue weighted by atomic mass is 16.5. The molecule has 7 nitrogen and oxygen atoms in total. The molecule has 3 aromatic rings. The number of amides is 1. The van der Waals surface area contributed by atoms with Gasteiger partial charge in [0.1, 0.15) is 0 Å². The van der Waals surface area contributed by atoms with Crippen LogP contribution >= 0.6 is 0 Å². The lowest BCUT2D eigenvalue weighted by molar-refractivity contribution is -0.114. The molecule has 0 radical (unpaired) electrons. The van der Waals surface area contributed by atoms with E-state index in [4.69, 9.17) is 4.74 Å². The highest BCUT2D eigenvalue weighted by Crippen LogP contribution is 2.22. The van der Waals surface area contributed by atoms with Crippen molar-refractivity contribution < 1.29 is 14.3 Å². The van der Waals surface area contributed by atoms with E-state index in [0.29, 0.717) is 17.9 Å². The Labute approximate surface area is 182 Å². The second-order valence-electron chi connectivity index (χ2n) is 7.26. The van der Waals surface area contributed by atoms with Crippen LogP contribution in [0.5, 0.6) is 0 Å². The van der Waals surface area contributed by atoms with Gasteiger partial charge in [-0.05, 0) is 56.7 Å². The molecule has 162 valence electrons. The lowest BCUT2D eigenvalue weighted by Crippen LogP contribution is -2.22. The highest BCUT2D eigenvalue weighted by molar-refractivity contribution is 5.95. The maximum Gasteiger partial charge on any atom is 0.338 e. The van der Waals surface area contributed by atoms with E-state index in [1.54, 1.807) is 24.3 Å². The lowest BCUT2D eigenvalue weighted by atomic mass is 10.2. The molecule has 0 aliphatic carbocycles. The number of esters is 1. The van der Waals surface area contributed by atoms with Gasteiger partial charge in [0.05, 0.1) is 41.5 Å². The number of nitrogens with one attached hydrogen (secondary N) is 2. The first kappa shape index (κ1) is 22.1. The molecule has 1 amide bonds. The molecule has 0 aliphatic heterocycles. The standard InChI is InChI=1S/C24H28N4O3/c1-4-5-15-31-24(30)19-11-13-20(14-12-19)25-16-22(29)26-23-17(2)27-28(18(23)3)21-9-7-6-8-10-21/h6-14,25H,4-5,15-16H2,1-3H3,(H,26,29). The fraction of sp³-hybridized carbons (Fsp3) is 0.292. The maximum atomic E-state index is 12.5. The smallest absolute Gasteiger partial charge is 0.338 e. The molecule has 1 aromatic heterocycles. The average molecular weight is 421 g/mol. The number of rotatable bonds is 9.